The number of hydrogen-bond donors (Lipinski definition) is 2. The number of halogens is 1. The van der Waals surface area contributed by atoms with E-state index in [2.05, 4.69) is 28.8 Å². The number of aryl methyl sites for hydroxylation is 2. The minimum atomic E-state index is 0. The quantitative estimate of drug-likeness (QED) is 0.187. The third kappa shape index (κ3) is 7.28. The van der Waals surface area contributed by atoms with Gasteiger partial charge in [0.2, 0.25) is 0 Å². The van der Waals surface area contributed by atoms with E-state index < -0.39 is 0 Å². The lowest BCUT2D eigenvalue weighted by atomic mass is 10.1. The van der Waals surface area contributed by atoms with Gasteiger partial charge in [0.05, 0.1) is 25.5 Å². The molecule has 3 rings (SSSR count). The normalized spacial score (nSPS) is 14.2. The van der Waals surface area contributed by atoms with Crippen molar-refractivity contribution in [1.29, 1.82) is 0 Å². The molecule has 2 N–H and O–H groups in total. The second-order valence-corrected chi connectivity index (χ2v) is 8.00. The van der Waals surface area contributed by atoms with Crippen LogP contribution in [0, 0.1) is 13.8 Å². The molecule has 1 aromatic carbocycles. The van der Waals surface area contributed by atoms with Crippen molar-refractivity contribution in [1.82, 2.24) is 15.8 Å². The molecule has 1 heterocycles. The second-order valence-electron chi connectivity index (χ2n) is 8.00. The molecule has 0 atom stereocenters. The fourth-order valence-corrected chi connectivity index (χ4v) is 3.99. The maximum atomic E-state index is 6.33. The van der Waals surface area contributed by atoms with Crippen LogP contribution in [0.15, 0.2) is 27.7 Å². The average Bonchev–Trinajstić information content (AvgIpc) is 3.40. The summed E-state index contributed by atoms with van der Waals surface area (Å²) in [6, 6.07) is 6.02. The first-order valence-electron chi connectivity index (χ1n) is 11.4. The maximum absolute atomic E-state index is 6.33. The topological polar surface area (TPSA) is 80.9 Å². The first-order chi connectivity index (χ1) is 15.1. The SMILES string of the molecule is CCNC(=NCc1cccc(OC)c1OC1CCCC1)NCCCc1c(C)noc1C.I. The highest BCUT2D eigenvalue weighted by molar-refractivity contribution is 14.0. The van der Waals surface area contributed by atoms with Crippen molar-refractivity contribution in [2.24, 2.45) is 4.99 Å². The molecular weight excluding hydrogens is 519 g/mol. The molecule has 1 aliphatic carbocycles. The van der Waals surface area contributed by atoms with Crippen LogP contribution >= 0.6 is 24.0 Å². The highest BCUT2D eigenvalue weighted by Crippen LogP contribution is 2.35. The van der Waals surface area contributed by atoms with E-state index in [1.54, 1.807) is 7.11 Å². The van der Waals surface area contributed by atoms with Crippen molar-refractivity contribution >= 4 is 29.9 Å². The number of nitrogens with zero attached hydrogens (tertiary/aromatic N) is 2. The minimum absolute atomic E-state index is 0. The van der Waals surface area contributed by atoms with E-state index in [1.165, 1.54) is 18.4 Å². The summed E-state index contributed by atoms with van der Waals surface area (Å²) in [4.78, 5) is 4.79. The van der Waals surface area contributed by atoms with Gasteiger partial charge in [0.15, 0.2) is 17.5 Å². The summed E-state index contributed by atoms with van der Waals surface area (Å²) in [5.74, 6) is 3.31. The van der Waals surface area contributed by atoms with E-state index in [0.29, 0.717) is 6.54 Å². The third-order valence-electron chi connectivity index (χ3n) is 5.70. The number of benzene rings is 1. The summed E-state index contributed by atoms with van der Waals surface area (Å²) in [5, 5.41) is 10.8. The molecule has 32 heavy (non-hydrogen) atoms. The molecule has 0 bridgehead atoms. The van der Waals surface area contributed by atoms with Gasteiger partial charge in [-0.2, -0.15) is 0 Å². The number of ether oxygens (including phenoxy) is 2. The fourth-order valence-electron chi connectivity index (χ4n) is 3.99. The van der Waals surface area contributed by atoms with Crippen LogP contribution in [0.3, 0.4) is 0 Å². The zero-order chi connectivity index (χ0) is 22.1. The van der Waals surface area contributed by atoms with Crippen molar-refractivity contribution in [3.8, 4) is 11.5 Å². The van der Waals surface area contributed by atoms with Gasteiger partial charge in [-0.1, -0.05) is 17.3 Å². The lowest BCUT2D eigenvalue weighted by molar-refractivity contribution is 0.198. The molecule has 0 radical (unpaired) electrons. The third-order valence-corrected chi connectivity index (χ3v) is 5.70. The van der Waals surface area contributed by atoms with E-state index in [4.69, 9.17) is 19.0 Å². The van der Waals surface area contributed by atoms with Crippen molar-refractivity contribution in [3.05, 3.63) is 40.8 Å². The number of methoxy groups -OCH3 is 1. The summed E-state index contributed by atoms with van der Waals surface area (Å²) in [7, 11) is 1.69. The van der Waals surface area contributed by atoms with Gasteiger partial charge in [-0.3, -0.25) is 0 Å². The molecule has 178 valence electrons. The molecule has 0 amide bonds. The Balaban J connectivity index is 0.00000363. The number of rotatable bonds is 10. The molecule has 7 nitrogen and oxygen atoms in total. The Morgan fingerprint density at radius 3 is 2.66 bits per heavy atom. The van der Waals surface area contributed by atoms with Crippen molar-refractivity contribution in [3.63, 3.8) is 0 Å². The van der Waals surface area contributed by atoms with Gasteiger partial charge in [0.1, 0.15) is 5.76 Å². The summed E-state index contributed by atoms with van der Waals surface area (Å²) in [6.07, 6.45) is 6.86. The van der Waals surface area contributed by atoms with Gasteiger partial charge < -0.3 is 24.6 Å². The van der Waals surface area contributed by atoms with Gasteiger partial charge in [-0.05, 0) is 65.4 Å². The molecule has 0 spiro atoms. The molecular formula is C24H37IN4O3. The molecule has 1 fully saturated rings. The molecule has 1 saturated carbocycles. The predicted octanol–water partition coefficient (Wildman–Crippen LogP) is 4.93. The number of guanidine groups is 1. The lowest BCUT2D eigenvalue weighted by Gasteiger charge is -2.19. The van der Waals surface area contributed by atoms with Crippen molar-refractivity contribution in [2.45, 2.75) is 71.9 Å². The molecule has 0 unspecified atom stereocenters. The van der Waals surface area contributed by atoms with Crippen molar-refractivity contribution in [2.75, 3.05) is 20.2 Å². The van der Waals surface area contributed by atoms with Crippen LogP contribution in [0.4, 0.5) is 0 Å². The largest absolute Gasteiger partial charge is 0.493 e. The Morgan fingerprint density at radius 1 is 1.22 bits per heavy atom. The Kier molecular flexibility index (Phi) is 11.1. The number of aliphatic imine (C=N–C) groups is 1. The van der Waals surface area contributed by atoms with Gasteiger partial charge >= 0.3 is 0 Å². The van der Waals surface area contributed by atoms with Crippen LogP contribution in [-0.2, 0) is 13.0 Å². The zero-order valence-corrected chi connectivity index (χ0v) is 22.0. The Hall–Kier alpha value is -1.97. The van der Waals surface area contributed by atoms with E-state index in [0.717, 1.165) is 73.2 Å². The molecule has 2 aromatic rings. The van der Waals surface area contributed by atoms with Gasteiger partial charge in [-0.25, -0.2) is 4.99 Å². The van der Waals surface area contributed by atoms with Gasteiger partial charge in [0.25, 0.3) is 0 Å². The van der Waals surface area contributed by atoms with Crippen LogP contribution in [-0.4, -0.2) is 37.4 Å². The number of para-hydroxylation sites is 1. The predicted molar refractivity (Wildman–Crippen MR) is 138 cm³/mol. The molecule has 0 aliphatic heterocycles. The summed E-state index contributed by atoms with van der Waals surface area (Å²) in [6.45, 7) is 8.18. The van der Waals surface area contributed by atoms with E-state index in [1.807, 2.05) is 26.0 Å². The fraction of sp³-hybridized carbons (Fsp3) is 0.583. The van der Waals surface area contributed by atoms with E-state index >= 15 is 0 Å². The van der Waals surface area contributed by atoms with Crippen LogP contribution in [0.2, 0.25) is 0 Å². The Bertz CT molecular complexity index is 843. The number of nitrogens with one attached hydrogen (secondary N) is 2. The smallest absolute Gasteiger partial charge is 0.191 e. The standard InChI is InChI=1S/C24H36N4O3.HI/c1-5-25-24(26-15-9-13-21-17(2)28-31-18(21)3)27-16-19-10-8-14-22(29-4)23(19)30-20-11-6-7-12-20;/h8,10,14,20H,5-7,9,11-13,15-16H2,1-4H3,(H2,25,26,27);1H. The van der Waals surface area contributed by atoms with Crippen molar-refractivity contribution < 1.29 is 14.0 Å². The summed E-state index contributed by atoms with van der Waals surface area (Å²) >= 11 is 0. The van der Waals surface area contributed by atoms with Crippen LogP contribution in [0.1, 0.15) is 61.6 Å². The average molecular weight is 556 g/mol. The Labute approximate surface area is 208 Å². The monoisotopic (exact) mass is 556 g/mol. The zero-order valence-electron chi connectivity index (χ0n) is 19.7. The second kappa shape index (κ2) is 13.5. The van der Waals surface area contributed by atoms with E-state index in [-0.39, 0.29) is 30.1 Å². The van der Waals surface area contributed by atoms with E-state index in [9.17, 15) is 0 Å². The minimum Gasteiger partial charge on any atom is -0.493 e. The van der Waals surface area contributed by atoms with Crippen LogP contribution < -0.4 is 20.1 Å². The summed E-state index contributed by atoms with van der Waals surface area (Å²) < 4.78 is 17.1. The number of hydrogen-bond acceptors (Lipinski definition) is 5. The number of aromatic nitrogens is 1. The molecule has 8 heteroatoms. The lowest BCUT2D eigenvalue weighted by Crippen LogP contribution is -2.37. The highest BCUT2D eigenvalue weighted by atomic mass is 127. The molecule has 0 saturated heterocycles. The van der Waals surface area contributed by atoms with Gasteiger partial charge in [-0.15, -0.1) is 24.0 Å². The summed E-state index contributed by atoms with van der Waals surface area (Å²) in [5.41, 5.74) is 3.22. The molecule has 1 aliphatic rings. The first-order valence-corrected chi connectivity index (χ1v) is 11.4. The maximum Gasteiger partial charge on any atom is 0.191 e. The highest BCUT2D eigenvalue weighted by Gasteiger charge is 2.20. The first kappa shape index (κ1) is 26.3. The van der Waals surface area contributed by atoms with Gasteiger partial charge in [0, 0.05) is 24.2 Å². The Morgan fingerprint density at radius 2 is 2.00 bits per heavy atom. The van der Waals surface area contributed by atoms with Crippen LogP contribution in [0.5, 0.6) is 11.5 Å². The van der Waals surface area contributed by atoms with Crippen LogP contribution in [0.25, 0.3) is 0 Å². The molecule has 1 aromatic heterocycles.